The zero-order valence-electron chi connectivity index (χ0n) is 12.5. The van der Waals surface area contributed by atoms with Crippen LogP contribution in [-0.4, -0.2) is 31.9 Å². The summed E-state index contributed by atoms with van der Waals surface area (Å²) in [6.07, 6.45) is 0. The van der Waals surface area contributed by atoms with Crippen molar-refractivity contribution < 1.29 is 8.42 Å². The lowest BCUT2D eigenvalue weighted by Crippen LogP contribution is -2.32. The van der Waals surface area contributed by atoms with Crippen molar-refractivity contribution in [3.63, 3.8) is 0 Å². The van der Waals surface area contributed by atoms with Crippen molar-refractivity contribution >= 4 is 10.0 Å². The highest BCUT2D eigenvalue weighted by atomic mass is 32.2. The highest BCUT2D eigenvalue weighted by Crippen LogP contribution is 2.30. The van der Waals surface area contributed by atoms with Gasteiger partial charge in [0.25, 0.3) is 0 Å². The molecule has 2 aromatic rings. The number of benzene rings is 2. The van der Waals surface area contributed by atoms with Crippen LogP contribution in [0, 0.1) is 6.92 Å². The molecule has 4 nitrogen and oxygen atoms in total. The number of rotatable bonds is 3. The lowest BCUT2D eigenvalue weighted by Gasteiger charge is -2.16. The fraction of sp³-hybridized carbons (Fsp3) is 0.294. The second-order valence-electron chi connectivity index (χ2n) is 5.82. The van der Waals surface area contributed by atoms with E-state index in [0.29, 0.717) is 18.0 Å². The second kappa shape index (κ2) is 5.83. The van der Waals surface area contributed by atoms with E-state index in [1.165, 1.54) is 4.31 Å². The minimum Gasteiger partial charge on any atom is -0.326 e. The number of nitrogens with zero attached hydrogens (tertiary/aromatic N) is 1. The van der Waals surface area contributed by atoms with Gasteiger partial charge in [-0.25, -0.2) is 8.42 Å². The number of aryl methyl sites for hydroxylation is 1. The maximum Gasteiger partial charge on any atom is 0.243 e. The molecule has 1 heterocycles. The average molecular weight is 316 g/mol. The van der Waals surface area contributed by atoms with Crippen LogP contribution in [-0.2, 0) is 10.0 Å². The fourth-order valence-electron chi connectivity index (χ4n) is 2.90. The minimum atomic E-state index is -3.48. The Morgan fingerprint density at radius 3 is 2.27 bits per heavy atom. The van der Waals surface area contributed by atoms with Crippen molar-refractivity contribution in [3.8, 4) is 0 Å². The van der Waals surface area contributed by atoms with Crippen LogP contribution >= 0.6 is 0 Å². The van der Waals surface area contributed by atoms with Gasteiger partial charge in [-0.15, -0.1) is 0 Å². The van der Waals surface area contributed by atoms with E-state index in [2.05, 4.69) is 0 Å². The topological polar surface area (TPSA) is 63.4 Å². The molecule has 0 saturated carbocycles. The molecule has 0 bridgehead atoms. The molecule has 0 amide bonds. The number of sulfonamides is 1. The van der Waals surface area contributed by atoms with Gasteiger partial charge in [-0.3, -0.25) is 0 Å². The third kappa shape index (κ3) is 2.79. The van der Waals surface area contributed by atoms with Crippen LogP contribution in [0.5, 0.6) is 0 Å². The SMILES string of the molecule is Cc1ccc(S(=O)(=O)N2C[C@@H](N)[C@H](c3ccccc3)C2)cc1. The Labute approximate surface area is 131 Å². The molecule has 0 spiro atoms. The van der Waals surface area contributed by atoms with Crippen molar-refractivity contribution in [3.05, 3.63) is 65.7 Å². The Kier molecular flexibility index (Phi) is 4.04. The Balaban J connectivity index is 1.86. The maximum atomic E-state index is 12.7. The zero-order valence-corrected chi connectivity index (χ0v) is 13.3. The number of hydrogen-bond acceptors (Lipinski definition) is 3. The Morgan fingerprint density at radius 1 is 1.00 bits per heavy atom. The molecule has 0 aromatic heterocycles. The van der Waals surface area contributed by atoms with E-state index >= 15 is 0 Å². The van der Waals surface area contributed by atoms with Gasteiger partial charge in [0.1, 0.15) is 0 Å². The Morgan fingerprint density at radius 2 is 1.64 bits per heavy atom. The molecule has 2 atom stereocenters. The first-order chi connectivity index (χ1) is 10.5. The predicted octanol–water partition coefficient (Wildman–Crippen LogP) is 2.11. The molecule has 1 aliphatic heterocycles. The van der Waals surface area contributed by atoms with Crippen LogP contribution in [0.3, 0.4) is 0 Å². The minimum absolute atomic E-state index is 0.0430. The van der Waals surface area contributed by atoms with Gasteiger partial charge in [-0.1, -0.05) is 48.0 Å². The molecule has 22 heavy (non-hydrogen) atoms. The van der Waals surface area contributed by atoms with Crippen LogP contribution < -0.4 is 5.73 Å². The summed E-state index contributed by atoms with van der Waals surface area (Å²) < 4.78 is 27.0. The smallest absolute Gasteiger partial charge is 0.243 e. The van der Waals surface area contributed by atoms with E-state index in [1.807, 2.05) is 49.4 Å². The summed E-state index contributed by atoms with van der Waals surface area (Å²) in [7, 11) is -3.48. The predicted molar refractivity (Wildman–Crippen MR) is 87.1 cm³/mol. The summed E-state index contributed by atoms with van der Waals surface area (Å²) in [5, 5.41) is 0. The number of hydrogen-bond donors (Lipinski definition) is 1. The van der Waals surface area contributed by atoms with Gasteiger partial charge in [0, 0.05) is 25.0 Å². The van der Waals surface area contributed by atoms with Gasteiger partial charge in [-0.05, 0) is 24.6 Å². The quantitative estimate of drug-likeness (QED) is 0.943. The Hall–Kier alpha value is -1.69. The van der Waals surface area contributed by atoms with Gasteiger partial charge in [0.15, 0.2) is 0 Å². The molecular formula is C17H20N2O2S. The Bertz CT molecular complexity index is 742. The van der Waals surface area contributed by atoms with E-state index in [-0.39, 0.29) is 12.0 Å². The van der Waals surface area contributed by atoms with Crippen LogP contribution in [0.4, 0.5) is 0 Å². The van der Waals surface area contributed by atoms with E-state index in [4.69, 9.17) is 5.73 Å². The highest BCUT2D eigenvalue weighted by Gasteiger charge is 2.38. The van der Waals surface area contributed by atoms with Crippen molar-refractivity contribution in [2.75, 3.05) is 13.1 Å². The van der Waals surface area contributed by atoms with Gasteiger partial charge < -0.3 is 5.73 Å². The summed E-state index contributed by atoms with van der Waals surface area (Å²) in [4.78, 5) is 0.332. The van der Waals surface area contributed by atoms with Gasteiger partial charge in [0.05, 0.1) is 4.90 Å². The molecular weight excluding hydrogens is 296 g/mol. The first-order valence-electron chi connectivity index (χ1n) is 7.36. The maximum absolute atomic E-state index is 12.7. The lowest BCUT2D eigenvalue weighted by molar-refractivity contribution is 0.470. The molecule has 2 N–H and O–H groups in total. The van der Waals surface area contributed by atoms with Crippen molar-refractivity contribution in [1.82, 2.24) is 4.31 Å². The van der Waals surface area contributed by atoms with Crippen LogP contribution in [0.15, 0.2) is 59.5 Å². The van der Waals surface area contributed by atoms with E-state index in [0.717, 1.165) is 11.1 Å². The standard InChI is InChI=1S/C17H20N2O2S/c1-13-7-9-15(10-8-13)22(20,21)19-11-16(17(18)12-19)14-5-3-2-4-6-14/h2-10,16-17H,11-12,18H2,1H3/t16-,17+/m0/s1. The van der Waals surface area contributed by atoms with Gasteiger partial charge >= 0.3 is 0 Å². The first-order valence-corrected chi connectivity index (χ1v) is 8.80. The molecule has 1 fully saturated rings. The largest absolute Gasteiger partial charge is 0.326 e. The first kappa shape index (κ1) is 15.2. The summed E-state index contributed by atoms with van der Waals surface area (Å²) in [6.45, 7) is 2.73. The zero-order chi connectivity index (χ0) is 15.7. The molecule has 1 saturated heterocycles. The molecule has 116 valence electrons. The lowest BCUT2D eigenvalue weighted by atomic mass is 9.95. The van der Waals surface area contributed by atoms with Crippen LogP contribution in [0.25, 0.3) is 0 Å². The molecule has 1 aliphatic rings. The molecule has 5 heteroatoms. The normalized spacial score (nSPS) is 22.8. The van der Waals surface area contributed by atoms with E-state index < -0.39 is 10.0 Å². The highest BCUT2D eigenvalue weighted by molar-refractivity contribution is 7.89. The number of nitrogens with two attached hydrogens (primary N) is 1. The van der Waals surface area contributed by atoms with Crippen molar-refractivity contribution in [2.45, 2.75) is 23.8 Å². The molecule has 0 unspecified atom stereocenters. The summed E-state index contributed by atoms with van der Waals surface area (Å²) >= 11 is 0. The molecule has 2 aromatic carbocycles. The van der Waals surface area contributed by atoms with Gasteiger partial charge in [-0.2, -0.15) is 4.31 Å². The van der Waals surface area contributed by atoms with Crippen LogP contribution in [0.1, 0.15) is 17.0 Å². The molecule has 0 aliphatic carbocycles. The van der Waals surface area contributed by atoms with E-state index in [1.54, 1.807) is 12.1 Å². The summed E-state index contributed by atoms with van der Waals surface area (Å²) in [5.74, 6) is 0.0430. The third-order valence-corrected chi connectivity index (χ3v) is 6.06. The average Bonchev–Trinajstić information content (AvgIpc) is 2.91. The fourth-order valence-corrected chi connectivity index (χ4v) is 4.40. The summed E-state index contributed by atoms with van der Waals surface area (Å²) in [6, 6.07) is 16.7. The third-order valence-electron chi connectivity index (χ3n) is 4.22. The van der Waals surface area contributed by atoms with Crippen molar-refractivity contribution in [1.29, 1.82) is 0 Å². The molecule has 3 rings (SSSR count). The van der Waals surface area contributed by atoms with Crippen LogP contribution in [0.2, 0.25) is 0 Å². The van der Waals surface area contributed by atoms with Gasteiger partial charge in [0.2, 0.25) is 10.0 Å². The monoisotopic (exact) mass is 316 g/mol. The van der Waals surface area contributed by atoms with Crippen molar-refractivity contribution in [2.24, 2.45) is 5.73 Å². The molecule has 0 radical (unpaired) electrons. The second-order valence-corrected chi connectivity index (χ2v) is 7.75. The summed E-state index contributed by atoms with van der Waals surface area (Å²) in [5.41, 5.74) is 8.33. The van der Waals surface area contributed by atoms with E-state index in [9.17, 15) is 8.42 Å².